The predicted molar refractivity (Wildman–Crippen MR) is 62.8 cm³/mol. The molecule has 1 heterocycles. The van der Waals surface area contributed by atoms with Crippen molar-refractivity contribution in [3.05, 3.63) is 22.6 Å². The second-order valence-electron chi connectivity index (χ2n) is 4.29. The summed E-state index contributed by atoms with van der Waals surface area (Å²) in [5, 5.41) is 9.51. The lowest BCUT2D eigenvalue weighted by atomic mass is 9.90. The Morgan fingerprint density at radius 2 is 2.47 bits per heavy atom. The van der Waals surface area contributed by atoms with Crippen LogP contribution in [0, 0.1) is 5.92 Å². The average Bonchev–Trinajstić information content (AvgIpc) is 2.18. The van der Waals surface area contributed by atoms with E-state index in [9.17, 15) is 4.79 Å². The highest BCUT2D eigenvalue weighted by Crippen LogP contribution is 2.44. The van der Waals surface area contributed by atoms with Crippen molar-refractivity contribution in [1.82, 2.24) is 0 Å². The predicted octanol–water partition coefficient (Wildman–Crippen LogP) is 3.21. The summed E-state index contributed by atoms with van der Waals surface area (Å²) in [4.78, 5) is 12.1. The molecular formula is C12H16O2S. The normalized spacial score (nSPS) is 30.2. The third-order valence-corrected chi connectivity index (χ3v) is 4.48. The zero-order valence-corrected chi connectivity index (χ0v) is 9.72. The number of carboxylic acid groups (broad SMARTS) is 1. The maximum absolute atomic E-state index is 10.8. The monoisotopic (exact) mass is 224 g/mol. The van der Waals surface area contributed by atoms with Crippen molar-refractivity contribution in [2.75, 3.05) is 0 Å². The molecule has 0 fully saturated rings. The van der Waals surface area contributed by atoms with E-state index in [2.05, 4.69) is 19.1 Å². The van der Waals surface area contributed by atoms with Crippen LogP contribution in [0.25, 0.3) is 0 Å². The summed E-state index contributed by atoms with van der Waals surface area (Å²) in [7, 11) is 0. The van der Waals surface area contributed by atoms with E-state index in [0.29, 0.717) is 5.25 Å². The van der Waals surface area contributed by atoms with Gasteiger partial charge in [-0.3, -0.25) is 4.79 Å². The molecule has 1 aliphatic carbocycles. The molecule has 0 saturated carbocycles. The van der Waals surface area contributed by atoms with Crippen LogP contribution in [0.1, 0.15) is 32.6 Å². The maximum Gasteiger partial charge on any atom is 0.303 e. The first-order valence-corrected chi connectivity index (χ1v) is 6.33. The molecule has 0 radical (unpaired) electrons. The molecule has 0 aromatic rings. The lowest BCUT2D eigenvalue weighted by Crippen LogP contribution is -2.17. The minimum absolute atomic E-state index is 0.232. The summed E-state index contributed by atoms with van der Waals surface area (Å²) in [6, 6.07) is 0. The Morgan fingerprint density at radius 1 is 1.67 bits per heavy atom. The smallest absolute Gasteiger partial charge is 0.303 e. The summed E-state index contributed by atoms with van der Waals surface area (Å²) in [5.41, 5.74) is 1.38. The quantitative estimate of drug-likeness (QED) is 0.782. The van der Waals surface area contributed by atoms with Crippen LogP contribution in [0.5, 0.6) is 0 Å². The van der Waals surface area contributed by atoms with E-state index in [1.54, 1.807) is 0 Å². The Morgan fingerprint density at radius 3 is 3.20 bits per heavy atom. The molecule has 0 aromatic carbocycles. The van der Waals surface area contributed by atoms with Crippen LogP contribution in [0.2, 0.25) is 0 Å². The Kier molecular flexibility index (Phi) is 3.19. The van der Waals surface area contributed by atoms with Crippen molar-refractivity contribution in [2.24, 2.45) is 5.92 Å². The molecule has 15 heavy (non-hydrogen) atoms. The lowest BCUT2D eigenvalue weighted by Gasteiger charge is -2.30. The van der Waals surface area contributed by atoms with E-state index in [4.69, 9.17) is 5.11 Å². The van der Waals surface area contributed by atoms with Gasteiger partial charge in [-0.1, -0.05) is 19.1 Å². The van der Waals surface area contributed by atoms with Crippen molar-refractivity contribution in [3.63, 3.8) is 0 Å². The largest absolute Gasteiger partial charge is 0.481 e. The maximum atomic E-state index is 10.8. The summed E-state index contributed by atoms with van der Waals surface area (Å²) in [6.07, 6.45) is 7.83. The first-order chi connectivity index (χ1) is 7.16. The molecule has 2 nitrogen and oxygen atoms in total. The van der Waals surface area contributed by atoms with Gasteiger partial charge in [-0.25, -0.2) is 0 Å². The van der Waals surface area contributed by atoms with Crippen molar-refractivity contribution >= 4 is 17.7 Å². The second-order valence-corrected chi connectivity index (χ2v) is 5.77. The Bertz CT molecular complexity index is 331. The Hall–Kier alpha value is -0.700. The van der Waals surface area contributed by atoms with Crippen LogP contribution in [-0.2, 0) is 4.79 Å². The van der Waals surface area contributed by atoms with Gasteiger partial charge in [-0.05, 0) is 29.7 Å². The minimum Gasteiger partial charge on any atom is -0.481 e. The van der Waals surface area contributed by atoms with Crippen LogP contribution in [0.15, 0.2) is 22.6 Å². The van der Waals surface area contributed by atoms with Gasteiger partial charge in [0, 0.05) is 11.2 Å². The zero-order valence-electron chi connectivity index (χ0n) is 8.90. The molecule has 0 spiro atoms. The number of thioether (sulfide) groups is 1. The second kappa shape index (κ2) is 4.44. The molecule has 2 aliphatic rings. The van der Waals surface area contributed by atoms with Gasteiger partial charge >= 0.3 is 5.97 Å². The fourth-order valence-electron chi connectivity index (χ4n) is 2.23. The summed E-state index contributed by atoms with van der Waals surface area (Å²) >= 11 is 1.89. The van der Waals surface area contributed by atoms with E-state index in [0.717, 1.165) is 12.8 Å². The zero-order chi connectivity index (χ0) is 10.8. The number of rotatable bonds is 2. The van der Waals surface area contributed by atoms with Crippen LogP contribution in [0.3, 0.4) is 0 Å². The number of aliphatic carboxylic acids is 1. The first-order valence-electron chi connectivity index (χ1n) is 5.45. The number of carbonyl (C=O) groups is 1. The Labute approximate surface area is 94.4 Å². The molecule has 3 heteroatoms. The van der Waals surface area contributed by atoms with Crippen molar-refractivity contribution < 1.29 is 9.90 Å². The molecule has 82 valence electrons. The highest BCUT2D eigenvalue weighted by molar-refractivity contribution is 8.03. The van der Waals surface area contributed by atoms with Crippen LogP contribution < -0.4 is 0 Å². The van der Waals surface area contributed by atoms with Gasteiger partial charge in [0.2, 0.25) is 0 Å². The van der Waals surface area contributed by atoms with Gasteiger partial charge in [0.1, 0.15) is 0 Å². The summed E-state index contributed by atoms with van der Waals surface area (Å²) < 4.78 is 0. The molecule has 0 saturated heterocycles. The Balaban J connectivity index is 2.17. The first kappa shape index (κ1) is 10.8. The van der Waals surface area contributed by atoms with Gasteiger partial charge in [0.25, 0.3) is 0 Å². The molecule has 0 bridgehead atoms. The molecule has 1 aliphatic heterocycles. The molecule has 1 unspecified atom stereocenters. The number of hydrogen-bond acceptors (Lipinski definition) is 2. The average molecular weight is 224 g/mol. The highest BCUT2D eigenvalue weighted by Gasteiger charge is 2.27. The van der Waals surface area contributed by atoms with Crippen molar-refractivity contribution in [1.29, 1.82) is 0 Å². The third kappa shape index (κ3) is 2.46. The van der Waals surface area contributed by atoms with Gasteiger partial charge < -0.3 is 5.11 Å². The molecule has 0 amide bonds. The number of carboxylic acids is 1. The van der Waals surface area contributed by atoms with E-state index >= 15 is 0 Å². The van der Waals surface area contributed by atoms with Crippen molar-refractivity contribution in [3.8, 4) is 0 Å². The topological polar surface area (TPSA) is 37.3 Å². The van der Waals surface area contributed by atoms with Crippen molar-refractivity contribution in [2.45, 2.75) is 37.9 Å². The van der Waals surface area contributed by atoms with Crippen LogP contribution in [-0.4, -0.2) is 16.3 Å². The molecule has 1 N–H and O–H groups in total. The molecule has 2 rings (SSSR count). The SMILES string of the molecule is C[C@@H]1CCC2=C(S1)C(CC(=O)O)CC=C2. The number of allylic oxidation sites excluding steroid dienone is 4. The van der Waals surface area contributed by atoms with Gasteiger partial charge in [0.05, 0.1) is 6.42 Å². The molecular weight excluding hydrogens is 208 g/mol. The van der Waals surface area contributed by atoms with E-state index in [-0.39, 0.29) is 12.3 Å². The number of hydrogen-bond donors (Lipinski definition) is 1. The summed E-state index contributed by atoms with van der Waals surface area (Å²) in [6.45, 7) is 2.23. The van der Waals surface area contributed by atoms with E-state index in [1.807, 2.05) is 11.8 Å². The standard InChI is InChI=1S/C12H16O2S/c1-8-5-6-9-3-2-4-10(7-11(13)14)12(9)15-8/h2-3,8,10H,4-7H2,1H3,(H,13,14)/t8-,10?/m1/s1. The molecule has 2 atom stereocenters. The van der Waals surface area contributed by atoms with E-state index < -0.39 is 5.97 Å². The third-order valence-electron chi connectivity index (χ3n) is 3.00. The minimum atomic E-state index is -0.680. The van der Waals surface area contributed by atoms with Gasteiger partial charge in [-0.2, -0.15) is 0 Å². The fourth-order valence-corrected chi connectivity index (χ4v) is 3.59. The fraction of sp³-hybridized carbons (Fsp3) is 0.583. The van der Waals surface area contributed by atoms with Crippen LogP contribution in [0.4, 0.5) is 0 Å². The summed E-state index contributed by atoms with van der Waals surface area (Å²) in [5.74, 6) is -0.448. The van der Waals surface area contributed by atoms with Gasteiger partial charge in [0.15, 0.2) is 0 Å². The highest BCUT2D eigenvalue weighted by atomic mass is 32.2. The molecule has 0 aromatic heterocycles. The van der Waals surface area contributed by atoms with Gasteiger partial charge in [-0.15, -0.1) is 11.8 Å². The van der Waals surface area contributed by atoms with Crippen LogP contribution >= 0.6 is 11.8 Å². The lowest BCUT2D eigenvalue weighted by molar-refractivity contribution is -0.137. The van der Waals surface area contributed by atoms with E-state index in [1.165, 1.54) is 16.9 Å².